The molecule has 9 heteroatoms. The van der Waals surface area contributed by atoms with Crippen LogP contribution in [-0.2, 0) is 9.53 Å². The van der Waals surface area contributed by atoms with Crippen molar-refractivity contribution in [2.75, 3.05) is 31.5 Å². The smallest absolute Gasteiger partial charge is 0.340 e. The van der Waals surface area contributed by atoms with E-state index in [1.165, 1.54) is 37.7 Å². The van der Waals surface area contributed by atoms with Crippen LogP contribution in [0.3, 0.4) is 0 Å². The summed E-state index contributed by atoms with van der Waals surface area (Å²) in [6, 6.07) is 11.9. The van der Waals surface area contributed by atoms with Gasteiger partial charge in [-0.05, 0) is 48.6 Å². The topological polar surface area (TPSA) is 103 Å². The summed E-state index contributed by atoms with van der Waals surface area (Å²) < 4.78 is 15.8. The summed E-state index contributed by atoms with van der Waals surface area (Å²) in [6.45, 7) is 3.34. The third kappa shape index (κ3) is 6.11. The maximum Gasteiger partial charge on any atom is 0.340 e. The van der Waals surface area contributed by atoms with E-state index in [0.29, 0.717) is 16.3 Å². The average molecular weight is 469 g/mol. The van der Waals surface area contributed by atoms with Crippen LogP contribution in [0.2, 0.25) is 0 Å². The summed E-state index contributed by atoms with van der Waals surface area (Å²) in [5.41, 5.74) is 2.81. The number of hydrogen-bond donors (Lipinski definition) is 2. The molecule has 3 rings (SSSR count). The van der Waals surface area contributed by atoms with Gasteiger partial charge in [-0.1, -0.05) is 12.1 Å². The number of amides is 2. The van der Waals surface area contributed by atoms with E-state index >= 15 is 0 Å². The Morgan fingerprint density at radius 3 is 2.18 bits per heavy atom. The number of aryl methyl sites for hydroxylation is 2. The third-order valence-electron chi connectivity index (χ3n) is 4.58. The van der Waals surface area contributed by atoms with Gasteiger partial charge in [0.05, 0.1) is 30.3 Å². The van der Waals surface area contributed by atoms with Gasteiger partial charge in [-0.3, -0.25) is 9.59 Å². The Balaban J connectivity index is 1.77. The molecule has 0 aliphatic carbocycles. The molecule has 0 saturated heterocycles. The van der Waals surface area contributed by atoms with Crippen LogP contribution in [0.25, 0.3) is 0 Å². The largest absolute Gasteiger partial charge is 0.493 e. The van der Waals surface area contributed by atoms with Gasteiger partial charge in [-0.2, -0.15) is 0 Å². The molecule has 8 nitrogen and oxygen atoms in total. The molecular formula is C24H24N2O6S. The first-order chi connectivity index (χ1) is 15.8. The van der Waals surface area contributed by atoms with E-state index in [2.05, 4.69) is 10.6 Å². The van der Waals surface area contributed by atoms with Gasteiger partial charge in [0.15, 0.2) is 18.1 Å². The quantitative estimate of drug-likeness (QED) is 0.474. The molecule has 3 aromatic rings. The fourth-order valence-electron chi connectivity index (χ4n) is 3.20. The standard InChI is InChI=1S/C24H24N2O6S/c1-14-8-15(2)10-16(9-14)25-22(27)13-32-24(29)17-11-19(30-3)20(31-4)12-18(17)26-23(28)21-6-5-7-33-21/h5-12H,13H2,1-4H3,(H,25,27)(H,26,28). The second kappa shape index (κ2) is 10.6. The minimum absolute atomic E-state index is 0.0248. The third-order valence-corrected chi connectivity index (χ3v) is 5.45. The van der Waals surface area contributed by atoms with Gasteiger partial charge < -0.3 is 24.8 Å². The summed E-state index contributed by atoms with van der Waals surface area (Å²) in [6.07, 6.45) is 0. The van der Waals surface area contributed by atoms with Crippen molar-refractivity contribution in [3.05, 3.63) is 69.4 Å². The molecule has 0 fully saturated rings. The maximum absolute atomic E-state index is 12.8. The number of rotatable bonds is 8. The molecule has 1 aromatic heterocycles. The Morgan fingerprint density at radius 1 is 0.909 bits per heavy atom. The van der Waals surface area contributed by atoms with Crippen molar-refractivity contribution < 1.29 is 28.6 Å². The molecule has 172 valence electrons. The van der Waals surface area contributed by atoms with Crippen LogP contribution in [0.5, 0.6) is 11.5 Å². The number of hydrogen-bond acceptors (Lipinski definition) is 7. The zero-order valence-corrected chi connectivity index (χ0v) is 19.5. The zero-order chi connectivity index (χ0) is 24.0. The molecule has 33 heavy (non-hydrogen) atoms. The normalized spacial score (nSPS) is 10.3. The van der Waals surface area contributed by atoms with Crippen LogP contribution < -0.4 is 20.1 Å². The summed E-state index contributed by atoms with van der Waals surface area (Å²) in [4.78, 5) is 38.1. The molecule has 1 heterocycles. The summed E-state index contributed by atoms with van der Waals surface area (Å²) in [7, 11) is 2.87. The van der Waals surface area contributed by atoms with Gasteiger partial charge in [0, 0.05) is 17.8 Å². The van der Waals surface area contributed by atoms with Crippen LogP contribution in [-0.4, -0.2) is 38.6 Å². The number of esters is 1. The lowest BCUT2D eigenvalue weighted by Crippen LogP contribution is -2.22. The van der Waals surface area contributed by atoms with Crippen molar-refractivity contribution in [2.45, 2.75) is 13.8 Å². The predicted octanol–water partition coefficient (Wildman–Crippen LogP) is 4.43. The van der Waals surface area contributed by atoms with E-state index < -0.39 is 18.5 Å². The SMILES string of the molecule is COc1cc(NC(=O)c2cccs2)c(C(=O)OCC(=O)Nc2cc(C)cc(C)c2)cc1OC. The molecule has 0 radical (unpaired) electrons. The molecular weight excluding hydrogens is 444 g/mol. The number of anilines is 2. The number of carbonyl (C=O) groups is 3. The second-order valence-electron chi connectivity index (χ2n) is 7.18. The molecule has 2 N–H and O–H groups in total. The Morgan fingerprint density at radius 2 is 1.58 bits per heavy atom. The van der Waals surface area contributed by atoms with Crippen LogP contribution >= 0.6 is 11.3 Å². The highest BCUT2D eigenvalue weighted by Crippen LogP contribution is 2.34. The Bertz CT molecular complexity index is 1150. The number of carbonyl (C=O) groups excluding carboxylic acids is 3. The van der Waals surface area contributed by atoms with Crippen molar-refractivity contribution in [3.63, 3.8) is 0 Å². The van der Waals surface area contributed by atoms with Crippen LogP contribution in [0.1, 0.15) is 31.2 Å². The van der Waals surface area contributed by atoms with Crippen molar-refractivity contribution in [3.8, 4) is 11.5 Å². The highest BCUT2D eigenvalue weighted by Gasteiger charge is 2.21. The van der Waals surface area contributed by atoms with Crippen molar-refractivity contribution in [2.24, 2.45) is 0 Å². The number of ether oxygens (including phenoxy) is 3. The van der Waals surface area contributed by atoms with E-state index in [0.717, 1.165) is 11.1 Å². The van der Waals surface area contributed by atoms with Gasteiger partial charge >= 0.3 is 5.97 Å². The molecule has 2 amide bonds. The van der Waals surface area contributed by atoms with Crippen LogP contribution in [0.4, 0.5) is 11.4 Å². The molecule has 0 bridgehead atoms. The van der Waals surface area contributed by atoms with Gasteiger partial charge in [-0.15, -0.1) is 11.3 Å². The number of nitrogens with one attached hydrogen (secondary N) is 2. The molecule has 0 atom stereocenters. The van der Waals surface area contributed by atoms with E-state index in [4.69, 9.17) is 14.2 Å². The fraction of sp³-hybridized carbons (Fsp3) is 0.208. The lowest BCUT2D eigenvalue weighted by molar-refractivity contribution is -0.119. The van der Waals surface area contributed by atoms with Crippen LogP contribution in [0, 0.1) is 13.8 Å². The lowest BCUT2D eigenvalue weighted by atomic mass is 10.1. The molecule has 0 aliphatic heterocycles. The van der Waals surface area contributed by atoms with Crippen LogP contribution in [0.15, 0.2) is 47.8 Å². The molecule has 0 unspecified atom stereocenters. The molecule has 0 saturated carbocycles. The Hall–Kier alpha value is -3.85. The van der Waals surface area contributed by atoms with Crippen molar-refractivity contribution in [1.82, 2.24) is 0 Å². The first kappa shape index (κ1) is 23.8. The first-order valence-corrected chi connectivity index (χ1v) is 10.8. The van der Waals surface area contributed by atoms with E-state index in [1.807, 2.05) is 32.0 Å². The summed E-state index contributed by atoms with van der Waals surface area (Å²) >= 11 is 1.26. The Kier molecular flexibility index (Phi) is 7.68. The highest BCUT2D eigenvalue weighted by atomic mass is 32.1. The second-order valence-corrected chi connectivity index (χ2v) is 8.13. The fourth-order valence-corrected chi connectivity index (χ4v) is 3.81. The number of thiophene rings is 1. The molecule has 2 aromatic carbocycles. The zero-order valence-electron chi connectivity index (χ0n) is 18.7. The van der Waals surface area contributed by atoms with E-state index in [9.17, 15) is 14.4 Å². The van der Waals surface area contributed by atoms with Crippen molar-refractivity contribution in [1.29, 1.82) is 0 Å². The Labute approximate surface area is 195 Å². The monoisotopic (exact) mass is 468 g/mol. The van der Waals surface area contributed by atoms with Gasteiger partial charge in [0.1, 0.15) is 0 Å². The predicted molar refractivity (Wildman–Crippen MR) is 127 cm³/mol. The molecule has 0 spiro atoms. The molecule has 0 aliphatic rings. The number of methoxy groups -OCH3 is 2. The van der Waals surface area contributed by atoms with Crippen molar-refractivity contribution >= 4 is 40.5 Å². The van der Waals surface area contributed by atoms with Gasteiger partial charge in [-0.25, -0.2) is 4.79 Å². The average Bonchev–Trinajstić information content (AvgIpc) is 3.31. The van der Waals surface area contributed by atoms with E-state index in [-0.39, 0.29) is 22.9 Å². The van der Waals surface area contributed by atoms with Gasteiger partial charge in [0.25, 0.3) is 11.8 Å². The van der Waals surface area contributed by atoms with E-state index in [1.54, 1.807) is 17.5 Å². The summed E-state index contributed by atoms with van der Waals surface area (Å²) in [5.74, 6) is -1.08. The highest BCUT2D eigenvalue weighted by molar-refractivity contribution is 7.12. The maximum atomic E-state index is 12.8. The minimum atomic E-state index is -0.798. The number of benzene rings is 2. The first-order valence-electron chi connectivity index (χ1n) is 9.97. The van der Waals surface area contributed by atoms with Gasteiger partial charge in [0.2, 0.25) is 0 Å². The minimum Gasteiger partial charge on any atom is -0.493 e. The lowest BCUT2D eigenvalue weighted by Gasteiger charge is -2.15. The summed E-state index contributed by atoms with van der Waals surface area (Å²) in [5, 5.41) is 7.17.